The number of aryl methyl sites for hydroxylation is 1. The van der Waals surface area contributed by atoms with Gasteiger partial charge in [0.2, 0.25) is 0 Å². The number of carbonyl (C=O) groups excluding carboxylic acids is 1. The molecule has 0 fully saturated rings. The van der Waals surface area contributed by atoms with Crippen molar-refractivity contribution < 1.29 is 9.53 Å². The van der Waals surface area contributed by atoms with Gasteiger partial charge in [0.1, 0.15) is 18.2 Å². The molecule has 0 atom stereocenters. The number of ether oxygens (including phenoxy) is 1. The highest BCUT2D eigenvalue weighted by molar-refractivity contribution is 9.10. The molecule has 1 N–H and O–H groups in total. The summed E-state index contributed by atoms with van der Waals surface area (Å²) in [5.41, 5.74) is 4.09. The van der Waals surface area contributed by atoms with Crippen LogP contribution in [0.25, 0.3) is 11.0 Å². The second-order valence-electron chi connectivity index (χ2n) is 9.28. The summed E-state index contributed by atoms with van der Waals surface area (Å²) in [7, 11) is 0. The smallest absolute Gasteiger partial charge is 0.251 e. The third-order valence-corrected chi connectivity index (χ3v) is 6.84. The van der Waals surface area contributed by atoms with E-state index in [-0.39, 0.29) is 5.91 Å². The van der Waals surface area contributed by atoms with E-state index in [9.17, 15) is 4.79 Å². The van der Waals surface area contributed by atoms with E-state index >= 15 is 0 Å². The van der Waals surface area contributed by atoms with E-state index in [2.05, 4.69) is 76.1 Å². The Morgan fingerprint density at radius 3 is 2.53 bits per heavy atom. The van der Waals surface area contributed by atoms with Gasteiger partial charge in [0.15, 0.2) is 0 Å². The number of para-hydroxylation sites is 3. The molecule has 0 aliphatic heterocycles. The first-order chi connectivity index (χ1) is 17.5. The van der Waals surface area contributed by atoms with Gasteiger partial charge in [-0.1, -0.05) is 66.5 Å². The SMILES string of the molecule is CC(C)c1ccccc1OCCn1c(CCCCCNC(=O)c2ccc(Br)cc2)nc2ccccc21. The molecule has 6 heteroatoms. The molecule has 0 radical (unpaired) electrons. The summed E-state index contributed by atoms with van der Waals surface area (Å²) in [6.45, 7) is 6.41. The van der Waals surface area contributed by atoms with E-state index in [1.54, 1.807) is 0 Å². The molecule has 0 unspecified atom stereocenters. The molecular formula is C30H34BrN3O2. The second kappa shape index (κ2) is 12.7. The van der Waals surface area contributed by atoms with Crippen molar-refractivity contribution in [3.63, 3.8) is 0 Å². The van der Waals surface area contributed by atoms with Crippen molar-refractivity contribution in [1.82, 2.24) is 14.9 Å². The molecule has 4 aromatic rings. The number of aromatic nitrogens is 2. The van der Waals surface area contributed by atoms with Crippen LogP contribution in [0.1, 0.15) is 60.8 Å². The number of nitrogens with zero attached hydrogens (tertiary/aromatic N) is 2. The van der Waals surface area contributed by atoms with Gasteiger partial charge >= 0.3 is 0 Å². The van der Waals surface area contributed by atoms with Crippen molar-refractivity contribution in [1.29, 1.82) is 0 Å². The molecule has 1 heterocycles. The first kappa shape index (κ1) is 26.0. The number of halogens is 1. The Morgan fingerprint density at radius 2 is 1.72 bits per heavy atom. The van der Waals surface area contributed by atoms with E-state index in [0.717, 1.165) is 59.3 Å². The highest BCUT2D eigenvalue weighted by Crippen LogP contribution is 2.26. The molecule has 188 valence electrons. The number of amides is 1. The largest absolute Gasteiger partial charge is 0.491 e. The standard InChI is InChI=1S/C30H34BrN3O2/c1-22(2)25-10-5-8-13-28(25)36-21-20-34-27-12-7-6-11-26(27)33-29(34)14-4-3-9-19-32-30(35)23-15-17-24(31)18-16-23/h5-8,10-13,15-18,22H,3-4,9,14,19-21H2,1-2H3,(H,32,35). The Bertz CT molecular complexity index is 1280. The summed E-state index contributed by atoms with van der Waals surface area (Å²) in [5.74, 6) is 2.45. The van der Waals surface area contributed by atoms with Crippen LogP contribution in [-0.2, 0) is 13.0 Å². The van der Waals surface area contributed by atoms with Crippen LogP contribution >= 0.6 is 15.9 Å². The minimum Gasteiger partial charge on any atom is -0.491 e. The quantitative estimate of drug-likeness (QED) is 0.192. The van der Waals surface area contributed by atoms with Gasteiger partial charge in [-0.15, -0.1) is 0 Å². The molecule has 0 bridgehead atoms. The minimum absolute atomic E-state index is 0.0247. The highest BCUT2D eigenvalue weighted by atomic mass is 79.9. The Hall–Kier alpha value is -3.12. The molecule has 1 aromatic heterocycles. The van der Waals surface area contributed by atoms with Crippen LogP contribution in [0.15, 0.2) is 77.3 Å². The van der Waals surface area contributed by atoms with Gasteiger partial charge in [-0.05, 0) is 66.8 Å². The maximum Gasteiger partial charge on any atom is 0.251 e. The molecule has 3 aromatic carbocycles. The predicted octanol–water partition coefficient (Wildman–Crippen LogP) is 7.14. The summed E-state index contributed by atoms with van der Waals surface area (Å²) >= 11 is 3.40. The number of carbonyl (C=O) groups is 1. The Balaban J connectivity index is 1.29. The zero-order valence-corrected chi connectivity index (χ0v) is 22.6. The topological polar surface area (TPSA) is 56.1 Å². The molecule has 0 aliphatic rings. The number of fused-ring (bicyclic) bond motifs is 1. The summed E-state index contributed by atoms with van der Waals surface area (Å²) < 4.78 is 9.47. The number of unbranched alkanes of at least 4 members (excludes halogenated alkanes) is 2. The lowest BCUT2D eigenvalue weighted by Gasteiger charge is -2.15. The Morgan fingerprint density at radius 1 is 0.972 bits per heavy atom. The normalized spacial score (nSPS) is 11.2. The number of hydrogen-bond acceptors (Lipinski definition) is 3. The van der Waals surface area contributed by atoms with E-state index < -0.39 is 0 Å². The third-order valence-electron chi connectivity index (χ3n) is 6.32. The maximum atomic E-state index is 12.3. The van der Waals surface area contributed by atoms with E-state index in [1.165, 1.54) is 5.56 Å². The van der Waals surface area contributed by atoms with Crippen molar-refractivity contribution in [2.24, 2.45) is 0 Å². The first-order valence-corrected chi connectivity index (χ1v) is 13.5. The summed E-state index contributed by atoms with van der Waals surface area (Å²) in [5, 5.41) is 3.01. The number of nitrogens with one attached hydrogen (secondary N) is 1. The molecular weight excluding hydrogens is 514 g/mol. The number of hydrogen-bond donors (Lipinski definition) is 1. The first-order valence-electron chi connectivity index (χ1n) is 12.7. The molecule has 0 saturated carbocycles. The van der Waals surface area contributed by atoms with E-state index in [0.29, 0.717) is 24.6 Å². The van der Waals surface area contributed by atoms with Crippen LogP contribution in [0.3, 0.4) is 0 Å². The van der Waals surface area contributed by atoms with Crippen molar-refractivity contribution in [3.8, 4) is 5.75 Å². The summed E-state index contributed by atoms with van der Waals surface area (Å²) in [6.07, 6.45) is 3.89. The lowest BCUT2D eigenvalue weighted by molar-refractivity contribution is 0.0953. The second-order valence-corrected chi connectivity index (χ2v) is 10.2. The van der Waals surface area contributed by atoms with Crippen molar-refractivity contribution in [3.05, 3.63) is 94.2 Å². The third kappa shape index (κ3) is 6.76. The molecule has 0 spiro atoms. The molecule has 36 heavy (non-hydrogen) atoms. The highest BCUT2D eigenvalue weighted by Gasteiger charge is 2.12. The van der Waals surface area contributed by atoms with Crippen molar-refractivity contribution >= 4 is 32.9 Å². The fourth-order valence-electron chi connectivity index (χ4n) is 4.39. The Kier molecular flexibility index (Phi) is 9.17. The van der Waals surface area contributed by atoms with Gasteiger partial charge in [0.05, 0.1) is 17.6 Å². The number of imidazole rings is 1. The molecule has 5 nitrogen and oxygen atoms in total. The summed E-state index contributed by atoms with van der Waals surface area (Å²) in [4.78, 5) is 17.2. The molecule has 1 amide bonds. The van der Waals surface area contributed by atoms with Crippen LogP contribution in [-0.4, -0.2) is 28.6 Å². The lowest BCUT2D eigenvalue weighted by Crippen LogP contribution is -2.24. The zero-order chi connectivity index (χ0) is 25.3. The molecule has 4 rings (SSSR count). The van der Waals surface area contributed by atoms with Crippen LogP contribution in [0, 0.1) is 0 Å². The molecule has 0 saturated heterocycles. The average Bonchev–Trinajstić information content (AvgIpc) is 3.24. The van der Waals surface area contributed by atoms with Crippen LogP contribution < -0.4 is 10.1 Å². The van der Waals surface area contributed by atoms with Crippen LogP contribution in [0.4, 0.5) is 0 Å². The van der Waals surface area contributed by atoms with Gasteiger partial charge in [0.25, 0.3) is 5.91 Å². The predicted molar refractivity (Wildman–Crippen MR) is 150 cm³/mol. The van der Waals surface area contributed by atoms with Crippen molar-refractivity contribution in [2.45, 2.75) is 52.0 Å². The van der Waals surface area contributed by atoms with Gasteiger partial charge < -0.3 is 14.6 Å². The van der Waals surface area contributed by atoms with Crippen molar-refractivity contribution in [2.75, 3.05) is 13.2 Å². The lowest BCUT2D eigenvalue weighted by atomic mass is 10.0. The van der Waals surface area contributed by atoms with Crippen LogP contribution in [0.2, 0.25) is 0 Å². The van der Waals surface area contributed by atoms with Gasteiger partial charge in [-0.25, -0.2) is 4.98 Å². The number of rotatable bonds is 12. The maximum absolute atomic E-state index is 12.3. The fourth-order valence-corrected chi connectivity index (χ4v) is 4.66. The Labute approximate surface area is 222 Å². The fraction of sp³-hybridized carbons (Fsp3) is 0.333. The monoisotopic (exact) mass is 547 g/mol. The number of benzene rings is 3. The minimum atomic E-state index is -0.0247. The zero-order valence-electron chi connectivity index (χ0n) is 21.0. The van der Waals surface area contributed by atoms with Gasteiger partial charge in [-0.3, -0.25) is 4.79 Å². The average molecular weight is 549 g/mol. The van der Waals surface area contributed by atoms with E-state index in [1.807, 2.05) is 36.4 Å². The van der Waals surface area contributed by atoms with Crippen LogP contribution in [0.5, 0.6) is 5.75 Å². The van der Waals surface area contributed by atoms with Gasteiger partial charge in [0, 0.05) is 23.0 Å². The van der Waals surface area contributed by atoms with E-state index in [4.69, 9.17) is 9.72 Å². The summed E-state index contributed by atoms with van der Waals surface area (Å²) in [6, 6.07) is 24.0. The van der Waals surface area contributed by atoms with Gasteiger partial charge in [-0.2, -0.15) is 0 Å². The molecule has 0 aliphatic carbocycles.